The van der Waals surface area contributed by atoms with E-state index in [0.717, 1.165) is 12.8 Å². The summed E-state index contributed by atoms with van der Waals surface area (Å²) in [6.07, 6.45) is 1.54. The number of nitro groups is 1. The SMILES string of the molecule is CN(C)c1ccc(C(=O)c2ccccc2C(=O)NCCCCN)cc1[N+](=O)[O-].Cl. The number of unbranched alkanes of at least 4 members (excludes halogenated alkanes) is 1. The van der Waals surface area contributed by atoms with Crippen LogP contribution in [0.2, 0.25) is 0 Å². The third kappa shape index (κ3) is 6.00. The van der Waals surface area contributed by atoms with Crippen LogP contribution in [0.3, 0.4) is 0 Å². The molecule has 2 rings (SSSR count). The zero-order chi connectivity index (χ0) is 20.7. The highest BCUT2D eigenvalue weighted by Crippen LogP contribution is 2.29. The van der Waals surface area contributed by atoms with Crippen LogP contribution in [0.1, 0.15) is 39.1 Å². The van der Waals surface area contributed by atoms with Gasteiger partial charge in [-0.3, -0.25) is 19.7 Å². The van der Waals surface area contributed by atoms with E-state index in [4.69, 9.17) is 5.73 Å². The van der Waals surface area contributed by atoms with Crippen molar-refractivity contribution in [3.8, 4) is 0 Å². The first kappa shape index (κ1) is 24.1. The number of benzene rings is 2. The molecular weight excluding hydrogens is 396 g/mol. The van der Waals surface area contributed by atoms with Crippen LogP contribution in [-0.2, 0) is 0 Å². The maximum Gasteiger partial charge on any atom is 0.293 e. The molecule has 0 saturated carbocycles. The molecule has 29 heavy (non-hydrogen) atoms. The first-order valence-electron chi connectivity index (χ1n) is 8.94. The van der Waals surface area contributed by atoms with E-state index in [2.05, 4.69) is 5.32 Å². The first-order valence-corrected chi connectivity index (χ1v) is 8.94. The topological polar surface area (TPSA) is 119 Å². The molecule has 156 valence electrons. The number of carbonyl (C=O) groups is 2. The van der Waals surface area contributed by atoms with Crippen molar-refractivity contribution in [2.24, 2.45) is 5.73 Å². The molecule has 0 atom stereocenters. The molecule has 0 bridgehead atoms. The highest BCUT2D eigenvalue weighted by molar-refractivity contribution is 6.15. The zero-order valence-electron chi connectivity index (χ0n) is 16.4. The number of amides is 1. The van der Waals surface area contributed by atoms with Crippen LogP contribution in [0.25, 0.3) is 0 Å². The van der Waals surface area contributed by atoms with E-state index in [1.807, 2.05) is 0 Å². The fraction of sp³-hybridized carbons (Fsp3) is 0.300. The normalized spacial score (nSPS) is 10.0. The van der Waals surface area contributed by atoms with E-state index in [0.29, 0.717) is 18.8 Å². The van der Waals surface area contributed by atoms with Gasteiger partial charge in [-0.05, 0) is 37.6 Å². The van der Waals surface area contributed by atoms with E-state index in [9.17, 15) is 19.7 Å². The van der Waals surface area contributed by atoms with Gasteiger partial charge in [0.05, 0.1) is 10.5 Å². The molecule has 0 aromatic heterocycles. The molecule has 0 aliphatic rings. The lowest BCUT2D eigenvalue weighted by atomic mass is 9.97. The number of carbonyl (C=O) groups excluding carboxylic acids is 2. The molecule has 0 unspecified atom stereocenters. The number of nitrogens with zero attached hydrogens (tertiary/aromatic N) is 2. The fourth-order valence-electron chi connectivity index (χ4n) is 2.79. The molecule has 1 amide bonds. The second-order valence-corrected chi connectivity index (χ2v) is 6.48. The third-order valence-corrected chi connectivity index (χ3v) is 4.25. The third-order valence-electron chi connectivity index (χ3n) is 4.25. The van der Waals surface area contributed by atoms with E-state index < -0.39 is 10.7 Å². The summed E-state index contributed by atoms with van der Waals surface area (Å²) < 4.78 is 0. The van der Waals surface area contributed by atoms with Gasteiger partial charge in [0.1, 0.15) is 5.69 Å². The lowest BCUT2D eigenvalue weighted by Gasteiger charge is -2.14. The fourth-order valence-corrected chi connectivity index (χ4v) is 2.79. The van der Waals surface area contributed by atoms with Crippen LogP contribution < -0.4 is 16.0 Å². The van der Waals surface area contributed by atoms with E-state index in [1.165, 1.54) is 18.2 Å². The zero-order valence-corrected chi connectivity index (χ0v) is 17.2. The summed E-state index contributed by atoms with van der Waals surface area (Å²) >= 11 is 0. The second-order valence-electron chi connectivity index (χ2n) is 6.48. The Morgan fingerprint density at radius 3 is 2.34 bits per heavy atom. The van der Waals surface area contributed by atoms with Crippen molar-refractivity contribution >= 4 is 35.5 Å². The van der Waals surface area contributed by atoms with Gasteiger partial charge in [-0.2, -0.15) is 0 Å². The lowest BCUT2D eigenvalue weighted by Crippen LogP contribution is -2.26. The number of rotatable bonds is 9. The molecule has 0 saturated heterocycles. The minimum absolute atomic E-state index is 0. The van der Waals surface area contributed by atoms with Crippen LogP contribution in [0.4, 0.5) is 11.4 Å². The van der Waals surface area contributed by atoms with Crippen LogP contribution in [-0.4, -0.2) is 43.8 Å². The number of ketones is 1. The predicted octanol–water partition coefficient (Wildman–Crippen LogP) is 2.78. The molecule has 0 radical (unpaired) electrons. The average molecular weight is 421 g/mol. The summed E-state index contributed by atoms with van der Waals surface area (Å²) in [5.41, 5.74) is 6.26. The summed E-state index contributed by atoms with van der Waals surface area (Å²) in [7, 11) is 3.38. The van der Waals surface area contributed by atoms with Crippen molar-refractivity contribution in [2.75, 3.05) is 32.1 Å². The van der Waals surface area contributed by atoms with Gasteiger partial charge < -0.3 is 16.0 Å². The summed E-state index contributed by atoms with van der Waals surface area (Å²) in [5, 5.41) is 14.2. The van der Waals surface area contributed by atoms with Gasteiger partial charge in [0, 0.05) is 37.8 Å². The Hall–Kier alpha value is -2.97. The Morgan fingerprint density at radius 2 is 1.76 bits per heavy atom. The number of hydrogen-bond donors (Lipinski definition) is 2. The van der Waals surface area contributed by atoms with Crippen LogP contribution in [0.5, 0.6) is 0 Å². The smallest absolute Gasteiger partial charge is 0.293 e. The summed E-state index contributed by atoms with van der Waals surface area (Å²) in [5.74, 6) is -0.804. The molecule has 8 nitrogen and oxygen atoms in total. The predicted molar refractivity (Wildman–Crippen MR) is 115 cm³/mol. The number of nitrogens with two attached hydrogens (primary N) is 1. The van der Waals surface area contributed by atoms with Gasteiger partial charge in [-0.15, -0.1) is 12.4 Å². The number of anilines is 1. The molecule has 2 aromatic rings. The Labute approximate surface area is 175 Å². The van der Waals surface area contributed by atoms with Crippen molar-refractivity contribution in [1.82, 2.24) is 5.32 Å². The standard InChI is InChI=1S/C20H24N4O4.ClH/c1-23(2)17-10-9-14(13-18(17)24(27)28)19(25)15-7-3-4-8-16(15)20(26)22-12-6-5-11-21;/h3-4,7-10,13H,5-6,11-12,21H2,1-2H3,(H,22,26);1H. The lowest BCUT2D eigenvalue weighted by molar-refractivity contribution is -0.384. The molecule has 0 aliphatic heterocycles. The van der Waals surface area contributed by atoms with Gasteiger partial charge in [-0.1, -0.05) is 18.2 Å². The van der Waals surface area contributed by atoms with Crippen molar-refractivity contribution < 1.29 is 14.5 Å². The maximum atomic E-state index is 13.0. The highest BCUT2D eigenvalue weighted by atomic mass is 35.5. The van der Waals surface area contributed by atoms with E-state index >= 15 is 0 Å². The minimum atomic E-state index is -0.526. The number of nitro benzene ring substituents is 1. The van der Waals surface area contributed by atoms with Gasteiger partial charge >= 0.3 is 0 Å². The van der Waals surface area contributed by atoms with Crippen molar-refractivity contribution in [1.29, 1.82) is 0 Å². The van der Waals surface area contributed by atoms with Gasteiger partial charge in [0.15, 0.2) is 5.78 Å². The monoisotopic (exact) mass is 420 g/mol. The van der Waals surface area contributed by atoms with Crippen LogP contribution in [0, 0.1) is 10.1 Å². The Kier molecular flexibility index (Phi) is 9.24. The van der Waals surface area contributed by atoms with Gasteiger partial charge in [0.25, 0.3) is 11.6 Å². The van der Waals surface area contributed by atoms with E-state index in [1.54, 1.807) is 43.3 Å². The second kappa shape index (κ2) is 11.1. The summed E-state index contributed by atoms with van der Waals surface area (Å²) in [6.45, 7) is 1.01. The molecule has 9 heteroatoms. The molecule has 0 fully saturated rings. The number of halogens is 1. The summed E-state index contributed by atoms with van der Waals surface area (Å²) in [6, 6.07) is 10.7. The largest absolute Gasteiger partial charge is 0.372 e. The Bertz CT molecular complexity index is 887. The molecule has 0 aliphatic carbocycles. The van der Waals surface area contributed by atoms with Gasteiger partial charge in [-0.25, -0.2) is 0 Å². The molecule has 2 aromatic carbocycles. The first-order chi connectivity index (χ1) is 13.4. The van der Waals surface area contributed by atoms with Crippen LogP contribution >= 0.6 is 12.4 Å². The highest BCUT2D eigenvalue weighted by Gasteiger charge is 2.22. The molecule has 0 heterocycles. The number of nitrogens with one attached hydrogen (secondary N) is 1. The summed E-state index contributed by atoms with van der Waals surface area (Å²) in [4.78, 5) is 37.9. The maximum absolute atomic E-state index is 13.0. The van der Waals surface area contributed by atoms with Crippen molar-refractivity contribution in [3.05, 3.63) is 69.3 Å². The molecule has 3 N–H and O–H groups in total. The molecule has 0 spiro atoms. The van der Waals surface area contributed by atoms with Crippen molar-refractivity contribution in [2.45, 2.75) is 12.8 Å². The van der Waals surface area contributed by atoms with E-state index in [-0.39, 0.29) is 40.7 Å². The Morgan fingerprint density at radius 1 is 1.10 bits per heavy atom. The van der Waals surface area contributed by atoms with Gasteiger partial charge in [0.2, 0.25) is 0 Å². The molecular formula is C20H25ClN4O4. The van der Waals surface area contributed by atoms with Crippen molar-refractivity contribution in [3.63, 3.8) is 0 Å². The minimum Gasteiger partial charge on any atom is -0.372 e. The number of hydrogen-bond acceptors (Lipinski definition) is 6. The quantitative estimate of drug-likeness (QED) is 0.278. The Balaban J connectivity index is 0.00000420. The van der Waals surface area contributed by atoms with Crippen LogP contribution in [0.15, 0.2) is 42.5 Å². The average Bonchev–Trinajstić information content (AvgIpc) is 2.69.